The molecule has 0 aliphatic carbocycles. The normalized spacial score (nSPS) is 13.6. The summed E-state index contributed by atoms with van der Waals surface area (Å²) in [7, 11) is 1.98. The van der Waals surface area contributed by atoms with Gasteiger partial charge in [0.05, 0.1) is 0 Å². The molecule has 0 saturated carbocycles. The van der Waals surface area contributed by atoms with Gasteiger partial charge in [0.25, 0.3) is 0 Å². The van der Waals surface area contributed by atoms with Crippen LogP contribution < -0.4 is 4.90 Å². The maximum absolute atomic E-state index is 11.4. The molecule has 0 fully saturated rings. The number of nitrogens with zero attached hydrogens (tertiary/aromatic N) is 3. The third-order valence-electron chi connectivity index (χ3n) is 4.04. The monoisotopic (exact) mass is 269 g/mol. The zero-order valence-corrected chi connectivity index (χ0v) is 12.0. The Morgan fingerprint density at radius 2 is 2.20 bits per heavy atom. The lowest BCUT2D eigenvalue weighted by atomic mass is 10.1. The largest absolute Gasteiger partial charge is 0.371 e. The van der Waals surface area contributed by atoms with Crippen molar-refractivity contribution in [3.05, 3.63) is 47.3 Å². The lowest BCUT2D eigenvalue weighted by Crippen LogP contribution is -2.24. The van der Waals surface area contributed by atoms with Crippen molar-refractivity contribution in [2.75, 3.05) is 18.0 Å². The zero-order valence-electron chi connectivity index (χ0n) is 12.0. The predicted octanol–water partition coefficient (Wildman–Crippen LogP) is 2.23. The second-order valence-corrected chi connectivity index (χ2v) is 5.33. The number of fused-ring (bicyclic) bond motifs is 1. The van der Waals surface area contributed by atoms with Gasteiger partial charge in [0.15, 0.2) is 5.78 Å². The molecule has 0 N–H and O–H groups in total. The van der Waals surface area contributed by atoms with Crippen LogP contribution in [0.2, 0.25) is 0 Å². The number of carbonyl (C=O) groups excluding carboxylic acids is 1. The van der Waals surface area contributed by atoms with Crippen LogP contribution in [0.1, 0.15) is 28.5 Å². The van der Waals surface area contributed by atoms with E-state index in [1.165, 1.54) is 16.9 Å². The lowest BCUT2D eigenvalue weighted by Gasteiger charge is -2.19. The van der Waals surface area contributed by atoms with E-state index < -0.39 is 0 Å². The minimum absolute atomic E-state index is 0.140. The molecule has 0 bridgehead atoms. The van der Waals surface area contributed by atoms with Crippen molar-refractivity contribution in [1.29, 1.82) is 0 Å². The highest BCUT2D eigenvalue weighted by Gasteiger charge is 2.19. The highest BCUT2D eigenvalue weighted by molar-refractivity contribution is 5.94. The molecule has 2 aromatic rings. The van der Waals surface area contributed by atoms with Crippen LogP contribution in [0.5, 0.6) is 0 Å². The van der Waals surface area contributed by atoms with Crippen molar-refractivity contribution < 1.29 is 4.79 Å². The summed E-state index contributed by atoms with van der Waals surface area (Å²) in [5.74, 6) is 0.140. The quantitative estimate of drug-likeness (QED) is 0.799. The van der Waals surface area contributed by atoms with Gasteiger partial charge in [-0.25, -0.2) is 0 Å². The van der Waals surface area contributed by atoms with Gasteiger partial charge in [-0.2, -0.15) is 5.10 Å². The first-order valence-electron chi connectivity index (χ1n) is 7.01. The number of Topliss-reactive ketones (excluding diaryl/α,β-unsaturated/α-hetero) is 1. The van der Waals surface area contributed by atoms with Gasteiger partial charge in [0, 0.05) is 49.7 Å². The van der Waals surface area contributed by atoms with E-state index >= 15 is 0 Å². The highest BCUT2D eigenvalue weighted by Crippen LogP contribution is 2.29. The third kappa shape index (κ3) is 2.33. The summed E-state index contributed by atoms with van der Waals surface area (Å²) in [5, 5.41) is 4.20. The molecule has 0 unspecified atom stereocenters. The molecule has 4 heteroatoms. The van der Waals surface area contributed by atoms with E-state index in [1.807, 2.05) is 30.1 Å². The van der Waals surface area contributed by atoms with Gasteiger partial charge in [0.1, 0.15) is 0 Å². The Kier molecular flexibility index (Phi) is 3.30. The van der Waals surface area contributed by atoms with Crippen molar-refractivity contribution in [1.82, 2.24) is 9.78 Å². The fourth-order valence-electron chi connectivity index (χ4n) is 2.82. The van der Waals surface area contributed by atoms with E-state index in [0.29, 0.717) is 0 Å². The molecule has 0 radical (unpaired) electrons. The van der Waals surface area contributed by atoms with E-state index in [9.17, 15) is 4.79 Å². The number of rotatable bonds is 4. The van der Waals surface area contributed by atoms with Crippen molar-refractivity contribution >= 4 is 11.5 Å². The number of hydrogen-bond donors (Lipinski definition) is 0. The van der Waals surface area contributed by atoms with Crippen LogP contribution in [-0.2, 0) is 19.9 Å². The number of carbonyl (C=O) groups is 1. The van der Waals surface area contributed by atoms with Crippen LogP contribution in [0.4, 0.5) is 5.69 Å². The van der Waals surface area contributed by atoms with Crippen LogP contribution >= 0.6 is 0 Å². The molecular formula is C16H19N3O. The van der Waals surface area contributed by atoms with Crippen LogP contribution in [-0.4, -0.2) is 28.7 Å². The molecule has 1 aromatic carbocycles. The topological polar surface area (TPSA) is 38.1 Å². The molecule has 0 spiro atoms. The minimum atomic E-state index is 0.140. The summed E-state index contributed by atoms with van der Waals surface area (Å²) < 4.78 is 1.93. The SMILES string of the molecule is CC(=O)c1ccc2c(c1)CCN2CCc1ccnn1C. The fourth-order valence-corrected chi connectivity index (χ4v) is 2.82. The van der Waals surface area contributed by atoms with E-state index in [-0.39, 0.29) is 5.78 Å². The van der Waals surface area contributed by atoms with E-state index in [2.05, 4.69) is 22.1 Å². The molecule has 2 heterocycles. The summed E-state index contributed by atoms with van der Waals surface area (Å²) in [5.41, 5.74) is 4.64. The van der Waals surface area contributed by atoms with Crippen molar-refractivity contribution in [2.45, 2.75) is 19.8 Å². The zero-order chi connectivity index (χ0) is 14.1. The molecule has 20 heavy (non-hydrogen) atoms. The molecule has 1 aliphatic rings. The maximum Gasteiger partial charge on any atom is 0.159 e. The highest BCUT2D eigenvalue weighted by atomic mass is 16.1. The van der Waals surface area contributed by atoms with Gasteiger partial charge in [-0.15, -0.1) is 0 Å². The minimum Gasteiger partial charge on any atom is -0.371 e. The molecule has 3 rings (SSSR count). The van der Waals surface area contributed by atoms with Crippen molar-refractivity contribution in [3.63, 3.8) is 0 Å². The molecule has 1 aromatic heterocycles. The summed E-state index contributed by atoms with van der Waals surface area (Å²) in [6.45, 7) is 3.65. The molecule has 1 aliphatic heterocycles. The second kappa shape index (κ2) is 5.12. The van der Waals surface area contributed by atoms with E-state index in [0.717, 1.165) is 31.5 Å². The van der Waals surface area contributed by atoms with Crippen LogP contribution in [0.3, 0.4) is 0 Å². The van der Waals surface area contributed by atoms with Gasteiger partial charge in [-0.3, -0.25) is 9.48 Å². The van der Waals surface area contributed by atoms with Crippen molar-refractivity contribution in [2.24, 2.45) is 7.05 Å². The number of anilines is 1. The second-order valence-electron chi connectivity index (χ2n) is 5.33. The Balaban J connectivity index is 1.73. The Morgan fingerprint density at radius 1 is 1.35 bits per heavy atom. The fraction of sp³-hybridized carbons (Fsp3) is 0.375. The third-order valence-corrected chi connectivity index (χ3v) is 4.04. The Morgan fingerprint density at radius 3 is 2.90 bits per heavy atom. The van der Waals surface area contributed by atoms with Gasteiger partial charge in [0.2, 0.25) is 0 Å². The van der Waals surface area contributed by atoms with Gasteiger partial charge in [-0.05, 0) is 43.2 Å². The Hall–Kier alpha value is -2.10. The van der Waals surface area contributed by atoms with Gasteiger partial charge in [-0.1, -0.05) is 0 Å². The number of benzene rings is 1. The maximum atomic E-state index is 11.4. The summed E-state index contributed by atoms with van der Waals surface area (Å²) >= 11 is 0. The first-order valence-corrected chi connectivity index (χ1v) is 7.01. The summed E-state index contributed by atoms with van der Waals surface area (Å²) in [6.07, 6.45) is 3.86. The average Bonchev–Trinajstić information content (AvgIpc) is 3.02. The first kappa shape index (κ1) is 12.9. The van der Waals surface area contributed by atoms with Crippen LogP contribution in [0.15, 0.2) is 30.5 Å². The smallest absolute Gasteiger partial charge is 0.159 e. The summed E-state index contributed by atoms with van der Waals surface area (Å²) in [6, 6.07) is 8.13. The predicted molar refractivity (Wildman–Crippen MR) is 79.3 cm³/mol. The molecule has 0 atom stereocenters. The molecule has 0 amide bonds. The summed E-state index contributed by atoms with van der Waals surface area (Å²) in [4.78, 5) is 13.8. The first-order chi connectivity index (χ1) is 9.65. The molecule has 4 nitrogen and oxygen atoms in total. The average molecular weight is 269 g/mol. The molecular weight excluding hydrogens is 250 g/mol. The van der Waals surface area contributed by atoms with Gasteiger partial charge < -0.3 is 4.90 Å². The number of hydrogen-bond acceptors (Lipinski definition) is 3. The standard InChI is InChI=1S/C16H19N3O/c1-12(20)13-3-4-16-14(11-13)6-9-19(16)10-7-15-5-8-17-18(15)2/h3-5,8,11H,6-7,9-10H2,1-2H3. The number of ketones is 1. The number of aromatic nitrogens is 2. The van der Waals surface area contributed by atoms with Gasteiger partial charge >= 0.3 is 0 Å². The van der Waals surface area contributed by atoms with E-state index in [1.54, 1.807) is 6.92 Å². The Bertz CT molecular complexity index is 645. The molecule has 104 valence electrons. The Labute approximate surface area is 119 Å². The van der Waals surface area contributed by atoms with Crippen LogP contribution in [0, 0.1) is 0 Å². The van der Waals surface area contributed by atoms with Crippen molar-refractivity contribution in [3.8, 4) is 0 Å². The van der Waals surface area contributed by atoms with E-state index in [4.69, 9.17) is 0 Å². The van der Waals surface area contributed by atoms with Crippen LogP contribution in [0.25, 0.3) is 0 Å². The molecule has 0 saturated heterocycles. The lowest BCUT2D eigenvalue weighted by molar-refractivity contribution is 0.101. The number of aryl methyl sites for hydroxylation is 1.